The molecule has 1 aromatic heterocycles. The molecule has 2 aliphatic heterocycles. The first kappa shape index (κ1) is 22.5. The molecule has 0 atom stereocenters. The van der Waals surface area contributed by atoms with Crippen LogP contribution < -0.4 is 4.90 Å². The van der Waals surface area contributed by atoms with Crippen molar-refractivity contribution in [2.75, 3.05) is 50.8 Å². The summed E-state index contributed by atoms with van der Waals surface area (Å²) < 4.78 is 5.14. The van der Waals surface area contributed by atoms with E-state index in [1.54, 1.807) is 4.90 Å². The number of piperazine rings is 1. The zero-order valence-electron chi connectivity index (χ0n) is 19.3. The molecule has 0 aliphatic carbocycles. The number of aromatic nitrogens is 2. The Morgan fingerprint density at radius 3 is 2.28 bits per heavy atom. The molecule has 0 radical (unpaired) electrons. The van der Waals surface area contributed by atoms with Crippen molar-refractivity contribution in [3.63, 3.8) is 0 Å². The van der Waals surface area contributed by atoms with Crippen LogP contribution in [0.5, 0.6) is 0 Å². The third-order valence-electron chi connectivity index (χ3n) is 6.62. The lowest BCUT2D eigenvalue weighted by molar-refractivity contribution is -0.149. The van der Waals surface area contributed by atoms with Crippen molar-refractivity contribution in [1.29, 1.82) is 0 Å². The maximum atomic E-state index is 13.3. The van der Waals surface area contributed by atoms with E-state index in [-0.39, 0.29) is 17.8 Å². The molecular weight excluding hydrogens is 406 g/mol. The van der Waals surface area contributed by atoms with Gasteiger partial charge in [-0.25, -0.2) is 0 Å². The summed E-state index contributed by atoms with van der Waals surface area (Å²) in [5.41, 5.74) is 0.389. The zero-order chi connectivity index (χ0) is 22.7. The van der Waals surface area contributed by atoms with Gasteiger partial charge in [-0.05, 0) is 33.6 Å². The number of benzene rings is 1. The highest BCUT2D eigenvalue weighted by Gasteiger charge is 2.31. The Kier molecular flexibility index (Phi) is 6.89. The Bertz CT molecular complexity index is 963. The van der Waals surface area contributed by atoms with Crippen molar-refractivity contribution >= 4 is 28.5 Å². The Morgan fingerprint density at radius 1 is 1.00 bits per heavy atom. The van der Waals surface area contributed by atoms with E-state index in [1.165, 1.54) is 0 Å². The predicted molar refractivity (Wildman–Crippen MR) is 124 cm³/mol. The first-order chi connectivity index (χ1) is 15.5. The molecule has 3 heterocycles. The molecule has 0 N–H and O–H groups in total. The second-order valence-electron chi connectivity index (χ2n) is 8.85. The van der Waals surface area contributed by atoms with E-state index in [0.29, 0.717) is 44.3 Å². The van der Waals surface area contributed by atoms with E-state index in [9.17, 15) is 9.59 Å². The molecule has 1 aromatic carbocycles. The molecule has 0 saturated carbocycles. The molecule has 1 amide bonds. The van der Waals surface area contributed by atoms with Gasteiger partial charge in [-0.15, -0.1) is 10.2 Å². The molecule has 2 aromatic rings. The van der Waals surface area contributed by atoms with Gasteiger partial charge in [0.25, 0.3) is 5.91 Å². The number of fused-ring (bicyclic) bond motifs is 1. The molecule has 0 bridgehead atoms. The number of hydrogen-bond donors (Lipinski definition) is 0. The Labute approximate surface area is 189 Å². The Hall–Kier alpha value is -2.74. The normalized spacial score (nSPS) is 18.4. The summed E-state index contributed by atoms with van der Waals surface area (Å²) in [4.78, 5) is 31.8. The number of piperidine rings is 1. The molecule has 2 saturated heterocycles. The Balaban J connectivity index is 1.52. The maximum absolute atomic E-state index is 13.3. The second kappa shape index (κ2) is 9.81. The highest BCUT2D eigenvalue weighted by Crippen LogP contribution is 2.28. The molecule has 2 aliphatic rings. The lowest BCUT2D eigenvalue weighted by Gasteiger charge is -2.37. The van der Waals surface area contributed by atoms with Gasteiger partial charge in [-0.1, -0.05) is 24.3 Å². The van der Waals surface area contributed by atoms with E-state index < -0.39 is 0 Å². The number of likely N-dealkylation sites (tertiary alicyclic amines) is 1. The van der Waals surface area contributed by atoms with Crippen molar-refractivity contribution in [2.45, 2.75) is 39.7 Å². The molecule has 172 valence electrons. The third-order valence-corrected chi connectivity index (χ3v) is 6.62. The SMILES string of the molecule is CCOC(=O)C1CCN(C(=O)c2nnc(N3CCN(C(C)C)CC3)c3ccccc23)CC1. The number of ether oxygens (including phenoxy) is 1. The van der Waals surface area contributed by atoms with Gasteiger partial charge in [0, 0.05) is 56.1 Å². The maximum Gasteiger partial charge on any atom is 0.309 e. The summed E-state index contributed by atoms with van der Waals surface area (Å²) in [5, 5.41) is 10.7. The van der Waals surface area contributed by atoms with E-state index in [0.717, 1.165) is 42.8 Å². The van der Waals surface area contributed by atoms with Gasteiger partial charge < -0.3 is 14.5 Å². The standard InChI is InChI=1S/C24H33N5O3/c1-4-32-24(31)18-9-11-29(12-10-18)23(30)21-19-7-5-6-8-20(19)22(26-25-21)28-15-13-27(14-16-28)17(2)3/h5-8,17-18H,4,9-16H2,1-3H3. The third kappa shape index (κ3) is 4.55. The van der Waals surface area contributed by atoms with Crippen molar-refractivity contribution in [1.82, 2.24) is 20.0 Å². The zero-order valence-corrected chi connectivity index (χ0v) is 19.3. The van der Waals surface area contributed by atoms with Gasteiger partial charge in [-0.2, -0.15) is 0 Å². The second-order valence-corrected chi connectivity index (χ2v) is 8.85. The van der Waals surface area contributed by atoms with Gasteiger partial charge >= 0.3 is 5.97 Å². The summed E-state index contributed by atoms with van der Waals surface area (Å²) in [7, 11) is 0. The van der Waals surface area contributed by atoms with Gasteiger partial charge in [0.2, 0.25) is 0 Å². The average Bonchev–Trinajstić information content (AvgIpc) is 2.83. The summed E-state index contributed by atoms with van der Waals surface area (Å²) >= 11 is 0. The van der Waals surface area contributed by atoms with Crippen LogP contribution in [0.4, 0.5) is 5.82 Å². The molecule has 0 spiro atoms. The number of rotatable bonds is 5. The first-order valence-electron chi connectivity index (χ1n) is 11.7. The van der Waals surface area contributed by atoms with Crippen molar-refractivity contribution in [3.8, 4) is 0 Å². The van der Waals surface area contributed by atoms with Crippen molar-refractivity contribution in [3.05, 3.63) is 30.0 Å². The first-order valence-corrected chi connectivity index (χ1v) is 11.7. The van der Waals surface area contributed by atoms with Crippen LogP contribution in [-0.4, -0.2) is 83.8 Å². The van der Waals surface area contributed by atoms with E-state index in [4.69, 9.17) is 4.74 Å². The monoisotopic (exact) mass is 439 g/mol. The van der Waals surface area contributed by atoms with Crippen LogP contribution in [0.3, 0.4) is 0 Å². The Morgan fingerprint density at radius 2 is 1.66 bits per heavy atom. The lowest BCUT2D eigenvalue weighted by Crippen LogP contribution is -2.49. The average molecular weight is 440 g/mol. The molecule has 32 heavy (non-hydrogen) atoms. The number of amides is 1. The number of hydrogen-bond acceptors (Lipinski definition) is 7. The predicted octanol–water partition coefficient (Wildman–Crippen LogP) is 2.58. The number of anilines is 1. The fraction of sp³-hybridized carbons (Fsp3) is 0.583. The van der Waals surface area contributed by atoms with Gasteiger partial charge in [0.15, 0.2) is 11.5 Å². The fourth-order valence-corrected chi connectivity index (χ4v) is 4.66. The van der Waals surface area contributed by atoms with Crippen LogP contribution in [-0.2, 0) is 9.53 Å². The number of esters is 1. The number of carbonyl (C=O) groups is 2. The minimum absolute atomic E-state index is 0.118. The summed E-state index contributed by atoms with van der Waals surface area (Å²) in [5.74, 6) is 0.439. The molecule has 8 nitrogen and oxygen atoms in total. The molecule has 2 fully saturated rings. The minimum Gasteiger partial charge on any atom is -0.466 e. The lowest BCUT2D eigenvalue weighted by atomic mass is 9.96. The number of nitrogens with zero attached hydrogens (tertiary/aromatic N) is 5. The summed E-state index contributed by atoms with van der Waals surface area (Å²) in [6.07, 6.45) is 1.24. The fourth-order valence-electron chi connectivity index (χ4n) is 4.66. The topological polar surface area (TPSA) is 78.9 Å². The van der Waals surface area contributed by atoms with Crippen LogP contribution in [0, 0.1) is 5.92 Å². The largest absolute Gasteiger partial charge is 0.466 e. The number of carbonyl (C=O) groups excluding carboxylic acids is 2. The highest BCUT2D eigenvalue weighted by molar-refractivity contribution is 6.07. The van der Waals surface area contributed by atoms with Gasteiger partial charge in [0.05, 0.1) is 12.5 Å². The van der Waals surface area contributed by atoms with Crippen LogP contribution in [0.2, 0.25) is 0 Å². The van der Waals surface area contributed by atoms with Gasteiger partial charge in [0.1, 0.15) is 0 Å². The highest BCUT2D eigenvalue weighted by atomic mass is 16.5. The summed E-state index contributed by atoms with van der Waals surface area (Å²) in [6, 6.07) is 8.44. The molecular formula is C24H33N5O3. The van der Waals surface area contributed by atoms with E-state index >= 15 is 0 Å². The molecule has 4 rings (SSSR count). The smallest absolute Gasteiger partial charge is 0.309 e. The van der Waals surface area contributed by atoms with Crippen molar-refractivity contribution < 1.29 is 14.3 Å². The minimum atomic E-state index is -0.160. The summed E-state index contributed by atoms with van der Waals surface area (Å²) in [6.45, 7) is 11.5. The van der Waals surface area contributed by atoms with Crippen LogP contribution in [0.15, 0.2) is 24.3 Å². The quantitative estimate of drug-likeness (QED) is 0.663. The van der Waals surface area contributed by atoms with E-state index in [1.807, 2.05) is 31.2 Å². The van der Waals surface area contributed by atoms with Crippen LogP contribution in [0.25, 0.3) is 10.8 Å². The van der Waals surface area contributed by atoms with Gasteiger partial charge in [-0.3, -0.25) is 14.5 Å². The molecule has 0 unspecified atom stereocenters. The van der Waals surface area contributed by atoms with E-state index in [2.05, 4.69) is 33.8 Å². The van der Waals surface area contributed by atoms with Crippen LogP contribution >= 0.6 is 0 Å². The van der Waals surface area contributed by atoms with Crippen molar-refractivity contribution in [2.24, 2.45) is 5.92 Å². The molecule has 8 heteroatoms. The van der Waals surface area contributed by atoms with Crippen LogP contribution in [0.1, 0.15) is 44.1 Å².